The number of hydrogen-bond donors (Lipinski definition) is 2. The average molecular weight is 768 g/mol. The Labute approximate surface area is 303 Å². The highest BCUT2D eigenvalue weighted by Crippen LogP contribution is 2.38. The van der Waals surface area contributed by atoms with Gasteiger partial charge in [-0.25, -0.2) is 18.9 Å². The number of thiophene rings is 1. The summed E-state index contributed by atoms with van der Waals surface area (Å²) in [7, 11) is 0. The second kappa shape index (κ2) is 15.9. The molecule has 1 amide bonds. The molecule has 2 N–H and O–H groups in total. The molecule has 2 aliphatic rings. The van der Waals surface area contributed by atoms with E-state index in [-0.39, 0.29) is 17.3 Å². The first kappa shape index (κ1) is 36.5. The van der Waals surface area contributed by atoms with Crippen molar-refractivity contribution in [3.05, 3.63) is 91.9 Å². The SMILES string of the molecule is O=C(NN1CCCCC1)c1nn(-c2ccc(Cl)cc2Cl)c(-c2ccc(C#Cc3ccc(C(F)(F)F)cc3)s2)c1CN(N1CCOCC1)S(=O)O. The van der Waals surface area contributed by atoms with Crippen molar-refractivity contribution < 1.29 is 31.5 Å². The number of morpholine rings is 1. The number of halogens is 5. The zero-order chi connectivity index (χ0) is 35.4. The number of benzene rings is 2. The predicted octanol–water partition coefficient (Wildman–Crippen LogP) is 6.64. The van der Waals surface area contributed by atoms with E-state index in [1.165, 1.54) is 32.6 Å². The van der Waals surface area contributed by atoms with Crippen molar-refractivity contribution in [2.75, 3.05) is 39.4 Å². The van der Waals surface area contributed by atoms with Gasteiger partial charge in [-0.1, -0.05) is 41.5 Å². The molecule has 4 heterocycles. The normalized spacial score (nSPS) is 16.6. The van der Waals surface area contributed by atoms with Gasteiger partial charge in [0.05, 0.1) is 51.5 Å². The lowest BCUT2D eigenvalue weighted by molar-refractivity contribution is -0.137. The number of aromatic nitrogens is 2. The first-order valence-corrected chi connectivity index (χ1v) is 18.3. The van der Waals surface area contributed by atoms with E-state index in [1.54, 1.807) is 35.3 Å². The monoisotopic (exact) mass is 766 g/mol. The van der Waals surface area contributed by atoms with Crippen molar-refractivity contribution >= 4 is 51.7 Å². The zero-order valence-corrected chi connectivity index (χ0v) is 29.5. The van der Waals surface area contributed by atoms with Gasteiger partial charge in [-0.15, -0.1) is 15.8 Å². The fourth-order valence-corrected chi connectivity index (χ4v) is 7.65. The molecular weight excluding hydrogens is 736 g/mol. The van der Waals surface area contributed by atoms with Crippen LogP contribution in [0.5, 0.6) is 0 Å². The summed E-state index contributed by atoms with van der Waals surface area (Å²) in [6, 6.07) is 13.0. The third-order valence-electron chi connectivity index (χ3n) is 8.11. The third kappa shape index (κ3) is 8.59. The molecule has 0 spiro atoms. The largest absolute Gasteiger partial charge is 0.416 e. The van der Waals surface area contributed by atoms with Crippen molar-refractivity contribution in [3.8, 4) is 28.1 Å². The molecule has 264 valence electrons. The van der Waals surface area contributed by atoms with Crippen molar-refractivity contribution in [1.29, 1.82) is 0 Å². The summed E-state index contributed by atoms with van der Waals surface area (Å²) in [4.78, 5) is 15.2. The van der Waals surface area contributed by atoms with Gasteiger partial charge in [0.2, 0.25) is 11.3 Å². The van der Waals surface area contributed by atoms with Crippen LogP contribution in [-0.4, -0.2) is 78.3 Å². The van der Waals surface area contributed by atoms with Crippen LogP contribution in [-0.2, 0) is 28.7 Å². The third-order valence-corrected chi connectivity index (χ3v) is 10.4. The van der Waals surface area contributed by atoms with Crippen LogP contribution >= 0.6 is 34.5 Å². The Morgan fingerprint density at radius 3 is 2.40 bits per heavy atom. The average Bonchev–Trinajstić information content (AvgIpc) is 3.71. The number of nitrogens with zero attached hydrogens (tertiary/aromatic N) is 5. The maximum atomic E-state index is 14.0. The summed E-state index contributed by atoms with van der Waals surface area (Å²) in [6.07, 6.45) is -1.55. The van der Waals surface area contributed by atoms with Crippen LogP contribution < -0.4 is 5.43 Å². The fraction of sp³-hybridized carbons (Fsp3) is 0.333. The molecule has 2 aromatic carbocycles. The lowest BCUT2D eigenvalue weighted by Gasteiger charge is -2.34. The second-order valence-electron chi connectivity index (χ2n) is 11.5. The highest BCUT2D eigenvalue weighted by Gasteiger charge is 2.33. The van der Waals surface area contributed by atoms with Gasteiger partial charge in [0.15, 0.2) is 5.69 Å². The van der Waals surface area contributed by atoms with E-state index >= 15 is 0 Å². The minimum Gasteiger partial charge on any atom is -0.379 e. The van der Waals surface area contributed by atoms with Crippen LogP contribution in [0.4, 0.5) is 13.2 Å². The van der Waals surface area contributed by atoms with Gasteiger partial charge in [-0.2, -0.15) is 18.3 Å². The Morgan fingerprint density at radius 2 is 1.74 bits per heavy atom. The van der Waals surface area contributed by atoms with Gasteiger partial charge in [-0.3, -0.25) is 14.8 Å². The van der Waals surface area contributed by atoms with Crippen LogP contribution in [0.3, 0.4) is 0 Å². The number of hydrogen-bond acceptors (Lipinski definition) is 7. The zero-order valence-electron chi connectivity index (χ0n) is 26.4. The quantitative estimate of drug-likeness (QED) is 0.153. The number of hydrazine groups is 2. The molecule has 0 radical (unpaired) electrons. The van der Waals surface area contributed by atoms with E-state index in [4.69, 9.17) is 33.0 Å². The molecule has 2 fully saturated rings. The highest BCUT2D eigenvalue weighted by molar-refractivity contribution is 7.76. The van der Waals surface area contributed by atoms with Gasteiger partial charge in [0, 0.05) is 42.3 Å². The van der Waals surface area contributed by atoms with Crippen LogP contribution in [0.2, 0.25) is 10.0 Å². The van der Waals surface area contributed by atoms with Gasteiger partial charge in [-0.05, 0) is 67.4 Å². The van der Waals surface area contributed by atoms with Gasteiger partial charge in [0.25, 0.3) is 5.91 Å². The molecule has 2 aliphatic heterocycles. The molecule has 4 aromatic rings. The van der Waals surface area contributed by atoms with E-state index in [1.807, 2.05) is 5.01 Å². The first-order chi connectivity index (χ1) is 24.0. The number of alkyl halides is 3. The van der Waals surface area contributed by atoms with E-state index in [9.17, 15) is 26.7 Å². The summed E-state index contributed by atoms with van der Waals surface area (Å²) >= 11 is 11.7. The van der Waals surface area contributed by atoms with Gasteiger partial charge in [0.1, 0.15) is 0 Å². The molecule has 1 unspecified atom stereocenters. The minimum atomic E-state index is -4.45. The van der Waals surface area contributed by atoms with Crippen LogP contribution in [0.1, 0.15) is 51.3 Å². The number of piperidine rings is 1. The molecule has 0 bridgehead atoms. The molecule has 6 rings (SSSR count). The smallest absolute Gasteiger partial charge is 0.379 e. The number of nitrogens with one attached hydrogen (secondary N) is 1. The van der Waals surface area contributed by atoms with Crippen LogP contribution in [0.15, 0.2) is 54.6 Å². The molecule has 50 heavy (non-hydrogen) atoms. The van der Waals surface area contributed by atoms with E-state index in [2.05, 4.69) is 17.3 Å². The summed E-state index contributed by atoms with van der Waals surface area (Å²) in [5.41, 5.74) is 3.85. The van der Waals surface area contributed by atoms with Crippen molar-refractivity contribution in [2.24, 2.45) is 0 Å². The fourth-order valence-electron chi connectivity index (χ4n) is 5.64. The number of ether oxygens (including phenoxy) is 1. The lowest BCUT2D eigenvalue weighted by Crippen LogP contribution is -2.49. The first-order valence-electron chi connectivity index (χ1n) is 15.6. The van der Waals surface area contributed by atoms with Crippen molar-refractivity contribution in [1.82, 2.24) is 29.6 Å². The van der Waals surface area contributed by atoms with Gasteiger partial charge < -0.3 is 4.74 Å². The minimum absolute atomic E-state index is 0.0334. The van der Waals surface area contributed by atoms with Crippen LogP contribution in [0, 0.1) is 11.8 Å². The van der Waals surface area contributed by atoms with E-state index in [0.29, 0.717) is 76.7 Å². The molecule has 1 atom stereocenters. The summed E-state index contributed by atoms with van der Waals surface area (Å²) in [6.45, 7) is 2.60. The Morgan fingerprint density at radius 1 is 1.02 bits per heavy atom. The van der Waals surface area contributed by atoms with E-state index < -0.39 is 28.9 Å². The Balaban J connectivity index is 1.46. The second-order valence-corrected chi connectivity index (χ2v) is 14.3. The number of carbonyl (C=O) groups excluding carboxylic acids is 1. The van der Waals surface area contributed by atoms with Crippen molar-refractivity contribution in [2.45, 2.75) is 32.0 Å². The maximum Gasteiger partial charge on any atom is 0.416 e. The topological polar surface area (TPSA) is 103 Å². The van der Waals surface area contributed by atoms with E-state index in [0.717, 1.165) is 31.4 Å². The molecule has 17 heteroatoms. The molecule has 10 nitrogen and oxygen atoms in total. The standard InChI is InChI=1S/C33H31Cl2F3N6O4S2/c34-24-9-12-28(27(35)20-24)44-31(29-13-11-25(49-29)10-6-22-4-7-23(8-5-22)33(36,37)38)26(21-43(50(46)47)42-16-18-48-19-17-42)30(39-44)32(45)40-41-14-2-1-3-15-41/h4-5,7-9,11-13,20H,1-3,14-19,21H2,(H,40,45)(H,46,47). The molecular formula is C33H31Cl2F3N6O4S2. The maximum absolute atomic E-state index is 14.0. The molecule has 2 aromatic heterocycles. The number of carbonyl (C=O) groups is 1. The summed E-state index contributed by atoms with van der Waals surface area (Å²) in [5, 5.41) is 8.97. The molecule has 0 aliphatic carbocycles. The van der Waals surface area contributed by atoms with Crippen LogP contribution in [0.25, 0.3) is 16.3 Å². The molecule has 2 saturated heterocycles. The lowest BCUT2D eigenvalue weighted by atomic mass is 10.1. The summed E-state index contributed by atoms with van der Waals surface area (Å²) in [5.74, 6) is 5.42. The van der Waals surface area contributed by atoms with Crippen molar-refractivity contribution in [3.63, 3.8) is 0 Å². The Bertz CT molecular complexity index is 1930. The molecule has 0 saturated carbocycles. The highest BCUT2D eigenvalue weighted by atomic mass is 35.5. The Hall–Kier alpha value is -3.30. The number of rotatable bonds is 8. The predicted molar refractivity (Wildman–Crippen MR) is 186 cm³/mol. The summed E-state index contributed by atoms with van der Waals surface area (Å²) < 4.78 is 70.7. The Kier molecular flexibility index (Phi) is 11.6. The van der Waals surface area contributed by atoms with Gasteiger partial charge >= 0.3 is 6.18 Å². The number of amides is 1.